The first kappa shape index (κ1) is 34.2. The van der Waals surface area contributed by atoms with Gasteiger partial charge in [0.25, 0.3) is 0 Å². The minimum absolute atomic E-state index is 0.629. The molecule has 7 aromatic carbocycles. The van der Waals surface area contributed by atoms with Crippen molar-refractivity contribution in [2.24, 2.45) is 0 Å². The van der Waals surface area contributed by atoms with Crippen molar-refractivity contribution in [3.8, 4) is 51.0 Å². The van der Waals surface area contributed by atoms with Gasteiger partial charge in [-0.1, -0.05) is 182 Å². The Labute approximate surface area is 341 Å². The third kappa shape index (κ3) is 5.13. The number of thioether (sulfide) groups is 1. The van der Waals surface area contributed by atoms with Gasteiger partial charge in [-0.2, -0.15) is 0 Å². The van der Waals surface area contributed by atoms with Gasteiger partial charge < -0.3 is 4.57 Å². The Bertz CT molecular complexity index is 3160. The van der Waals surface area contributed by atoms with Crippen molar-refractivity contribution in [2.45, 2.75) is 17.2 Å². The number of benzene rings is 7. The predicted molar refractivity (Wildman–Crippen MR) is 240 cm³/mol. The third-order valence-corrected chi connectivity index (χ3v) is 12.8. The molecule has 0 saturated heterocycles. The fourth-order valence-electron chi connectivity index (χ4n) is 9.16. The number of rotatable bonds is 6. The monoisotopic (exact) mass is 760 g/mol. The summed E-state index contributed by atoms with van der Waals surface area (Å²) < 4.78 is 2.48. The van der Waals surface area contributed by atoms with Gasteiger partial charge in [0.2, 0.25) is 0 Å². The zero-order chi connectivity index (χ0) is 38.8. The summed E-state index contributed by atoms with van der Waals surface area (Å²) in [6.45, 7) is 6.35. The van der Waals surface area contributed by atoms with Crippen LogP contribution in [0.15, 0.2) is 210 Å². The van der Waals surface area contributed by atoms with Crippen LogP contribution in [0.2, 0.25) is 0 Å². The van der Waals surface area contributed by atoms with Crippen LogP contribution >= 0.6 is 11.8 Å². The Morgan fingerprint density at radius 3 is 1.86 bits per heavy atom. The summed E-state index contributed by atoms with van der Waals surface area (Å²) in [5.41, 5.74) is 13.0. The zero-order valence-corrected chi connectivity index (χ0v) is 32.6. The molecule has 0 radical (unpaired) electrons. The Hall–Kier alpha value is -7.08. The maximum absolute atomic E-state index is 5.24. The van der Waals surface area contributed by atoms with Crippen molar-refractivity contribution >= 4 is 33.6 Å². The first-order chi connectivity index (χ1) is 28.6. The van der Waals surface area contributed by atoms with Crippen LogP contribution in [-0.4, -0.2) is 19.5 Å². The largest absolute Gasteiger partial charge is 0.309 e. The molecular formula is C53H36N4S. The highest BCUT2D eigenvalue weighted by molar-refractivity contribution is 8.03. The zero-order valence-electron chi connectivity index (χ0n) is 31.8. The maximum Gasteiger partial charge on any atom is 0.164 e. The normalized spacial score (nSPS) is 15.6. The highest BCUT2D eigenvalue weighted by Gasteiger charge is 2.49. The van der Waals surface area contributed by atoms with E-state index in [1.165, 1.54) is 65.1 Å². The molecule has 1 atom stereocenters. The summed E-state index contributed by atoms with van der Waals surface area (Å²) in [4.78, 5) is 18.0. The molecule has 2 aliphatic heterocycles. The molecule has 274 valence electrons. The Morgan fingerprint density at radius 2 is 1.10 bits per heavy atom. The molecule has 0 bridgehead atoms. The van der Waals surface area contributed by atoms with Crippen molar-refractivity contribution in [3.63, 3.8) is 0 Å². The summed E-state index contributed by atoms with van der Waals surface area (Å²) in [6, 6.07) is 60.5. The van der Waals surface area contributed by atoms with E-state index >= 15 is 0 Å². The van der Waals surface area contributed by atoms with Gasteiger partial charge in [-0.05, 0) is 69.5 Å². The minimum atomic E-state index is -0.647. The molecule has 2 aromatic heterocycles. The van der Waals surface area contributed by atoms with Gasteiger partial charge >= 0.3 is 0 Å². The molecule has 1 unspecified atom stereocenters. The topological polar surface area (TPSA) is 43.6 Å². The number of aromatic nitrogens is 4. The molecule has 0 fully saturated rings. The maximum atomic E-state index is 5.24. The van der Waals surface area contributed by atoms with E-state index in [9.17, 15) is 0 Å². The minimum Gasteiger partial charge on any atom is -0.309 e. The molecule has 2 aliphatic rings. The van der Waals surface area contributed by atoms with Gasteiger partial charge in [0.15, 0.2) is 17.5 Å². The van der Waals surface area contributed by atoms with Crippen LogP contribution in [0.3, 0.4) is 0 Å². The number of para-hydroxylation sites is 3. The Morgan fingerprint density at radius 1 is 0.534 bits per heavy atom. The SMILES string of the molecule is C=C/C=C\C1=C(C)Sc2ccc(-c3nc(-c4ccccc4)nc(-c4ccc(-c5ccccc5)cc4)n3)cc2C12c1ccccc1-n1c3ccccc3c3cccc2c31. The highest BCUT2D eigenvalue weighted by Crippen LogP contribution is 2.60. The second-order valence-electron chi connectivity index (χ2n) is 14.8. The second-order valence-corrected chi connectivity index (χ2v) is 16.1. The van der Waals surface area contributed by atoms with Crippen LogP contribution in [0, 0.1) is 0 Å². The fourth-order valence-corrected chi connectivity index (χ4v) is 10.3. The van der Waals surface area contributed by atoms with Crippen molar-refractivity contribution < 1.29 is 0 Å². The van der Waals surface area contributed by atoms with Crippen LogP contribution in [0.5, 0.6) is 0 Å². The van der Waals surface area contributed by atoms with E-state index < -0.39 is 5.41 Å². The average molecular weight is 761 g/mol. The standard InChI is InChI=1S/C53H36N4S/c1-3-4-22-42-34(2)58-48-32-31-39(52-55-50(37-18-9-6-10-19-37)54-51(56-52)38-29-27-36(28-30-38)35-16-7-5-8-17-35)33-45(48)53(42)43-23-12-14-26-47(43)57-46-25-13-11-20-40(46)41-21-15-24-44(53)49(41)57/h3-33H,1H2,2H3/b22-4-. The number of allylic oxidation sites excluding steroid dienone is 5. The van der Waals surface area contributed by atoms with Gasteiger partial charge in [0.05, 0.1) is 22.1 Å². The molecule has 4 heterocycles. The first-order valence-electron chi connectivity index (χ1n) is 19.6. The molecule has 5 heteroatoms. The second kappa shape index (κ2) is 13.5. The van der Waals surface area contributed by atoms with Crippen molar-refractivity contribution in [1.29, 1.82) is 0 Å². The lowest BCUT2D eigenvalue weighted by atomic mass is 9.62. The molecule has 0 aliphatic carbocycles. The van der Waals surface area contributed by atoms with Gasteiger partial charge in [-0.3, -0.25) is 0 Å². The van der Waals surface area contributed by atoms with E-state index in [1.54, 1.807) is 0 Å². The summed E-state index contributed by atoms with van der Waals surface area (Å²) >= 11 is 1.83. The third-order valence-electron chi connectivity index (χ3n) is 11.7. The van der Waals surface area contributed by atoms with Crippen molar-refractivity contribution in [2.75, 3.05) is 0 Å². The molecule has 1 spiro atoms. The molecule has 58 heavy (non-hydrogen) atoms. The Balaban J connectivity index is 1.18. The highest BCUT2D eigenvalue weighted by atomic mass is 32.2. The quantitative estimate of drug-likeness (QED) is 0.158. The lowest BCUT2D eigenvalue weighted by Gasteiger charge is -2.45. The molecule has 0 saturated carbocycles. The van der Waals surface area contributed by atoms with Crippen LogP contribution < -0.4 is 0 Å². The number of nitrogens with zero attached hydrogens (tertiary/aromatic N) is 4. The van der Waals surface area contributed by atoms with Gasteiger partial charge in [0.1, 0.15) is 0 Å². The molecule has 4 nitrogen and oxygen atoms in total. The van der Waals surface area contributed by atoms with Crippen LogP contribution in [0.25, 0.3) is 72.8 Å². The molecule has 9 aromatic rings. The summed E-state index contributed by atoms with van der Waals surface area (Å²) in [6.07, 6.45) is 6.23. The van der Waals surface area contributed by atoms with Crippen LogP contribution in [-0.2, 0) is 5.41 Å². The molecular weight excluding hydrogens is 725 g/mol. The number of fused-ring (bicyclic) bond motifs is 9. The van der Waals surface area contributed by atoms with Crippen molar-refractivity contribution in [1.82, 2.24) is 19.5 Å². The number of hydrogen-bond donors (Lipinski definition) is 0. The Kier molecular flexibility index (Phi) is 7.98. The van der Waals surface area contributed by atoms with Gasteiger partial charge in [-0.25, -0.2) is 15.0 Å². The molecule has 0 N–H and O–H groups in total. The van der Waals surface area contributed by atoms with Gasteiger partial charge in [0, 0.05) is 32.4 Å². The average Bonchev–Trinajstić information content (AvgIpc) is 3.63. The molecule has 11 rings (SSSR count). The summed E-state index contributed by atoms with van der Waals surface area (Å²) in [7, 11) is 0. The fraction of sp³-hybridized carbons (Fsp3) is 0.0377. The first-order valence-corrected chi connectivity index (χ1v) is 20.4. The molecule has 0 amide bonds. The van der Waals surface area contributed by atoms with E-state index in [1.807, 2.05) is 42.1 Å². The number of hydrogen-bond acceptors (Lipinski definition) is 4. The lowest BCUT2D eigenvalue weighted by molar-refractivity contribution is 0.703. The predicted octanol–water partition coefficient (Wildman–Crippen LogP) is 13.4. The van der Waals surface area contributed by atoms with E-state index in [4.69, 9.17) is 15.0 Å². The summed E-state index contributed by atoms with van der Waals surface area (Å²) in [5, 5.41) is 2.49. The van der Waals surface area contributed by atoms with Crippen molar-refractivity contribution in [3.05, 3.63) is 222 Å². The van der Waals surface area contributed by atoms with E-state index in [0.29, 0.717) is 17.5 Å². The van der Waals surface area contributed by atoms with E-state index in [-0.39, 0.29) is 0 Å². The lowest BCUT2D eigenvalue weighted by Crippen LogP contribution is -2.38. The van der Waals surface area contributed by atoms with E-state index in [2.05, 4.69) is 176 Å². The summed E-state index contributed by atoms with van der Waals surface area (Å²) in [5.74, 6) is 1.90. The van der Waals surface area contributed by atoms with E-state index in [0.717, 1.165) is 22.3 Å². The van der Waals surface area contributed by atoms with Crippen LogP contribution in [0.4, 0.5) is 0 Å². The van der Waals surface area contributed by atoms with Crippen LogP contribution in [0.1, 0.15) is 23.6 Å². The smallest absolute Gasteiger partial charge is 0.164 e. The van der Waals surface area contributed by atoms with Gasteiger partial charge in [-0.15, -0.1) is 0 Å².